The highest BCUT2D eigenvalue weighted by atomic mass is 16.2. The van der Waals surface area contributed by atoms with Gasteiger partial charge >= 0.3 is 0 Å². The van der Waals surface area contributed by atoms with Gasteiger partial charge in [-0.3, -0.25) is 14.4 Å². The highest BCUT2D eigenvalue weighted by Gasteiger charge is 2.61. The van der Waals surface area contributed by atoms with Crippen molar-refractivity contribution in [2.45, 2.75) is 25.7 Å². The van der Waals surface area contributed by atoms with E-state index in [1.165, 1.54) is 4.90 Å². The van der Waals surface area contributed by atoms with Gasteiger partial charge in [-0.1, -0.05) is 66.7 Å². The molecule has 4 aromatic carbocycles. The number of carbonyl (C=O) groups is 3. The van der Waals surface area contributed by atoms with Crippen LogP contribution in [-0.4, -0.2) is 17.7 Å². The van der Waals surface area contributed by atoms with Crippen molar-refractivity contribution >= 4 is 29.1 Å². The SMILES string of the molecule is Cc1cccc(NC(=O)c2cccc(N3C(=O)[C@H]4C5c6ccccc6C(c6ccccc65)[C@@H]4C3=O)c2)c1C. The number of carbonyl (C=O) groups excluding carboxylic acids is 3. The summed E-state index contributed by atoms with van der Waals surface area (Å²) in [7, 11) is 0. The van der Waals surface area contributed by atoms with Gasteiger partial charge in [-0.15, -0.1) is 0 Å². The molecule has 1 fully saturated rings. The summed E-state index contributed by atoms with van der Waals surface area (Å²) in [5, 5.41) is 2.98. The van der Waals surface area contributed by atoms with Gasteiger partial charge < -0.3 is 5.32 Å². The van der Waals surface area contributed by atoms with Crippen LogP contribution in [0, 0.1) is 25.7 Å². The van der Waals surface area contributed by atoms with E-state index in [2.05, 4.69) is 29.6 Å². The molecule has 186 valence electrons. The predicted molar refractivity (Wildman–Crippen MR) is 146 cm³/mol. The predicted octanol–water partition coefficient (Wildman–Crippen LogP) is 5.95. The molecule has 5 nitrogen and oxygen atoms in total. The Morgan fingerprint density at radius 2 is 1.21 bits per heavy atom. The van der Waals surface area contributed by atoms with Crippen molar-refractivity contribution in [3.05, 3.63) is 130 Å². The highest BCUT2D eigenvalue weighted by Crippen LogP contribution is 2.61. The first-order valence-corrected chi connectivity index (χ1v) is 13.0. The lowest BCUT2D eigenvalue weighted by Crippen LogP contribution is -2.41. The Morgan fingerprint density at radius 3 is 1.76 bits per heavy atom. The van der Waals surface area contributed by atoms with Crippen LogP contribution in [-0.2, 0) is 9.59 Å². The second kappa shape index (κ2) is 8.25. The monoisotopic (exact) mass is 498 g/mol. The number of hydrogen-bond acceptors (Lipinski definition) is 3. The molecule has 2 atom stereocenters. The van der Waals surface area contributed by atoms with Crippen LogP contribution in [0.25, 0.3) is 0 Å². The zero-order chi connectivity index (χ0) is 26.1. The lowest BCUT2D eigenvalue weighted by molar-refractivity contribution is -0.122. The first kappa shape index (κ1) is 22.7. The fourth-order valence-electron chi connectivity index (χ4n) is 6.80. The average molecular weight is 499 g/mol. The maximum absolute atomic E-state index is 14.0. The lowest BCUT2D eigenvalue weighted by atomic mass is 9.55. The first-order chi connectivity index (χ1) is 18.5. The van der Waals surface area contributed by atoms with Gasteiger partial charge in [0.15, 0.2) is 0 Å². The van der Waals surface area contributed by atoms with Gasteiger partial charge in [0.05, 0.1) is 17.5 Å². The third kappa shape index (κ3) is 3.08. The lowest BCUT2D eigenvalue weighted by Gasteiger charge is -2.45. The molecule has 1 N–H and O–H groups in total. The molecule has 3 amide bonds. The van der Waals surface area contributed by atoms with E-state index in [4.69, 9.17) is 0 Å². The summed E-state index contributed by atoms with van der Waals surface area (Å²) in [6.07, 6.45) is 0. The van der Waals surface area contributed by atoms with Crippen LogP contribution < -0.4 is 10.2 Å². The van der Waals surface area contributed by atoms with Crippen molar-refractivity contribution < 1.29 is 14.4 Å². The van der Waals surface area contributed by atoms with Crippen LogP contribution in [0.15, 0.2) is 91.0 Å². The van der Waals surface area contributed by atoms with E-state index in [0.717, 1.165) is 39.1 Å². The summed E-state index contributed by atoms with van der Waals surface area (Å²) >= 11 is 0. The number of imide groups is 1. The molecule has 4 aliphatic rings. The topological polar surface area (TPSA) is 66.5 Å². The van der Waals surface area contributed by atoms with Crippen molar-refractivity contribution in [3.8, 4) is 0 Å². The number of rotatable bonds is 3. The van der Waals surface area contributed by atoms with Crippen LogP contribution in [0.3, 0.4) is 0 Å². The maximum atomic E-state index is 14.0. The summed E-state index contributed by atoms with van der Waals surface area (Å²) in [6.45, 7) is 3.97. The Balaban J connectivity index is 1.26. The molecule has 5 heteroatoms. The Kier molecular flexibility index (Phi) is 4.92. The zero-order valence-electron chi connectivity index (χ0n) is 21.1. The number of anilines is 2. The highest BCUT2D eigenvalue weighted by molar-refractivity contribution is 6.23. The molecule has 0 saturated carbocycles. The van der Waals surface area contributed by atoms with Gasteiger partial charge in [-0.2, -0.15) is 0 Å². The zero-order valence-corrected chi connectivity index (χ0v) is 21.1. The van der Waals surface area contributed by atoms with Gasteiger partial charge in [0, 0.05) is 23.1 Å². The molecular formula is C33H26N2O3. The Bertz CT molecular complexity index is 1560. The smallest absolute Gasteiger partial charge is 0.255 e. The third-order valence-electron chi connectivity index (χ3n) is 8.67. The molecule has 4 aromatic rings. The molecule has 0 aromatic heterocycles. The van der Waals surface area contributed by atoms with Gasteiger partial charge in [0.2, 0.25) is 11.8 Å². The Labute approximate surface area is 221 Å². The Morgan fingerprint density at radius 1 is 0.684 bits per heavy atom. The molecule has 0 spiro atoms. The number of hydrogen-bond donors (Lipinski definition) is 1. The Hall–Kier alpha value is -4.51. The molecule has 1 heterocycles. The normalized spacial score (nSPS) is 22.6. The van der Waals surface area contributed by atoms with Gasteiger partial charge in [-0.05, 0) is 71.5 Å². The van der Waals surface area contributed by atoms with Gasteiger partial charge in [0.25, 0.3) is 5.91 Å². The second-order valence-corrected chi connectivity index (χ2v) is 10.5. The summed E-state index contributed by atoms with van der Waals surface area (Å²) in [5.41, 5.74) is 8.23. The van der Waals surface area contributed by atoms with Crippen molar-refractivity contribution in [1.29, 1.82) is 0 Å². The third-order valence-corrected chi connectivity index (χ3v) is 8.67. The van der Waals surface area contributed by atoms with Gasteiger partial charge in [-0.25, -0.2) is 4.90 Å². The van der Waals surface area contributed by atoms with E-state index >= 15 is 0 Å². The van der Waals surface area contributed by atoms with Crippen LogP contribution >= 0.6 is 0 Å². The summed E-state index contributed by atoms with van der Waals surface area (Å²) < 4.78 is 0. The van der Waals surface area contributed by atoms with E-state index in [-0.39, 0.29) is 29.6 Å². The van der Waals surface area contributed by atoms with E-state index in [0.29, 0.717) is 11.3 Å². The standard InChI is InChI=1S/C33H26N2O3/c1-18-9-7-16-26(19(18)2)34-31(36)20-10-8-11-21(17-20)35-32(37)29-27-22-12-3-4-13-23(22)28(30(29)33(35)38)25-15-6-5-14-24(25)27/h3-17,27-30H,1-2H3,(H,34,36)/t27?,28?,29-,30-/m0/s1. The number of nitrogens with one attached hydrogen (secondary N) is 1. The van der Waals surface area contributed by atoms with Crippen molar-refractivity contribution in [3.63, 3.8) is 0 Å². The van der Waals surface area contributed by atoms with Crippen LogP contribution in [0.4, 0.5) is 11.4 Å². The molecule has 1 saturated heterocycles. The van der Waals surface area contributed by atoms with Crippen molar-refractivity contribution in [2.24, 2.45) is 11.8 Å². The average Bonchev–Trinajstić information content (AvgIpc) is 3.21. The maximum Gasteiger partial charge on any atom is 0.255 e. The molecule has 2 bridgehead atoms. The van der Waals surface area contributed by atoms with Gasteiger partial charge in [0.1, 0.15) is 0 Å². The molecule has 0 radical (unpaired) electrons. The number of benzene rings is 4. The quantitative estimate of drug-likeness (QED) is 0.355. The number of aryl methyl sites for hydroxylation is 1. The second-order valence-electron chi connectivity index (χ2n) is 10.5. The fourth-order valence-corrected chi connectivity index (χ4v) is 6.80. The molecule has 0 unspecified atom stereocenters. The molecule has 38 heavy (non-hydrogen) atoms. The first-order valence-electron chi connectivity index (χ1n) is 13.0. The minimum Gasteiger partial charge on any atom is -0.322 e. The minimum absolute atomic E-state index is 0.158. The molecule has 1 aliphatic heterocycles. The van der Waals surface area contributed by atoms with E-state index in [9.17, 15) is 14.4 Å². The van der Waals surface area contributed by atoms with E-state index in [1.54, 1.807) is 24.3 Å². The van der Waals surface area contributed by atoms with Crippen LogP contribution in [0.5, 0.6) is 0 Å². The molecule has 8 rings (SSSR count). The van der Waals surface area contributed by atoms with Crippen molar-refractivity contribution in [1.82, 2.24) is 0 Å². The van der Waals surface area contributed by atoms with Crippen LogP contribution in [0.1, 0.15) is 55.6 Å². The fraction of sp³-hybridized carbons (Fsp3) is 0.182. The number of amides is 3. The summed E-state index contributed by atoms with van der Waals surface area (Å²) in [6, 6.07) is 29.0. The van der Waals surface area contributed by atoms with E-state index in [1.807, 2.05) is 56.3 Å². The van der Waals surface area contributed by atoms with Crippen LogP contribution in [0.2, 0.25) is 0 Å². The minimum atomic E-state index is -0.454. The molecule has 3 aliphatic carbocycles. The summed E-state index contributed by atoms with van der Waals surface area (Å²) in [4.78, 5) is 42.5. The number of nitrogens with zero attached hydrogens (tertiary/aromatic N) is 1. The summed E-state index contributed by atoms with van der Waals surface area (Å²) in [5.74, 6) is -1.88. The largest absolute Gasteiger partial charge is 0.322 e. The van der Waals surface area contributed by atoms with Crippen molar-refractivity contribution in [2.75, 3.05) is 10.2 Å². The van der Waals surface area contributed by atoms with E-state index < -0.39 is 11.8 Å². The molecular weight excluding hydrogens is 472 g/mol.